The molecule has 3 heteroatoms. The first kappa shape index (κ1) is 30.7. The van der Waals surface area contributed by atoms with Gasteiger partial charge in [0.05, 0.1) is 18.7 Å². The molecule has 3 nitrogen and oxygen atoms in total. The average Bonchev–Trinajstić information content (AvgIpc) is 2.84. The second-order valence-electron chi connectivity index (χ2n) is 10.1. The second kappa shape index (κ2) is 23.4. The van der Waals surface area contributed by atoms with Crippen LogP contribution in [0, 0.1) is 0 Å². The normalized spacial score (nSPS) is 11.1. The number of carbonyl (C=O) groups is 1. The molecule has 0 saturated heterocycles. The number of unbranched alkanes of at least 4 members (excludes halogenated alkanes) is 19. The quantitative estimate of drug-likeness (QED) is 0.111. The van der Waals surface area contributed by atoms with E-state index in [9.17, 15) is 4.79 Å². The number of aryl methyl sites for hydroxylation is 1. The average molecular weight is 474 g/mol. The van der Waals surface area contributed by atoms with Gasteiger partial charge in [-0.1, -0.05) is 135 Å². The Morgan fingerprint density at radius 3 is 1.47 bits per heavy atom. The number of nitrogens with zero attached hydrogens (tertiary/aromatic N) is 1. The van der Waals surface area contributed by atoms with E-state index in [4.69, 9.17) is 4.74 Å². The number of rotatable bonds is 24. The van der Waals surface area contributed by atoms with Crippen LogP contribution in [0.2, 0.25) is 0 Å². The zero-order valence-electron chi connectivity index (χ0n) is 22.8. The first-order valence-electron chi connectivity index (χ1n) is 14.9. The zero-order chi connectivity index (χ0) is 24.5. The summed E-state index contributed by atoms with van der Waals surface area (Å²) in [4.78, 5) is 15.9. The highest BCUT2D eigenvalue weighted by Gasteiger charge is 2.05. The third-order valence-electron chi connectivity index (χ3n) is 6.84. The zero-order valence-corrected chi connectivity index (χ0v) is 22.8. The van der Waals surface area contributed by atoms with Gasteiger partial charge in [-0.25, -0.2) is 0 Å². The molecule has 0 aliphatic rings. The summed E-state index contributed by atoms with van der Waals surface area (Å²) in [6, 6.07) is 4.07. The molecule has 0 amide bonds. The number of esters is 1. The molecule has 1 aromatic heterocycles. The SMILES string of the molecule is CCCCCCCCCCCCCCCCCCCCCCc1ccc(CC(=O)OCC)nc1. The van der Waals surface area contributed by atoms with E-state index in [1.807, 2.05) is 19.2 Å². The Kier molecular flexibility index (Phi) is 21.1. The van der Waals surface area contributed by atoms with Crippen molar-refractivity contribution in [2.24, 2.45) is 0 Å². The molecular weight excluding hydrogens is 418 g/mol. The summed E-state index contributed by atoms with van der Waals surface area (Å²) in [6.45, 7) is 4.55. The van der Waals surface area contributed by atoms with Crippen molar-refractivity contribution in [1.82, 2.24) is 4.98 Å². The molecule has 1 rings (SSSR count). The molecule has 0 aromatic carbocycles. The summed E-state index contributed by atoms with van der Waals surface area (Å²) in [5.41, 5.74) is 2.07. The molecule has 0 aliphatic heterocycles. The minimum Gasteiger partial charge on any atom is -0.466 e. The van der Waals surface area contributed by atoms with Crippen molar-refractivity contribution in [2.75, 3.05) is 6.61 Å². The van der Waals surface area contributed by atoms with Crippen LogP contribution >= 0.6 is 0 Å². The lowest BCUT2D eigenvalue weighted by Crippen LogP contribution is -2.08. The molecule has 0 saturated carbocycles. The molecule has 0 spiro atoms. The maximum atomic E-state index is 11.5. The van der Waals surface area contributed by atoms with Crippen molar-refractivity contribution >= 4 is 5.97 Å². The summed E-state index contributed by atoms with van der Waals surface area (Å²) in [5, 5.41) is 0. The van der Waals surface area contributed by atoms with Gasteiger partial charge in [0.15, 0.2) is 0 Å². The van der Waals surface area contributed by atoms with E-state index in [2.05, 4.69) is 18.0 Å². The number of hydrogen-bond acceptors (Lipinski definition) is 3. The summed E-state index contributed by atoms with van der Waals surface area (Å²) in [6.07, 6.45) is 31.6. The Morgan fingerprint density at radius 1 is 0.647 bits per heavy atom. The fourth-order valence-corrected chi connectivity index (χ4v) is 4.65. The third-order valence-corrected chi connectivity index (χ3v) is 6.84. The molecule has 196 valence electrons. The minimum atomic E-state index is -0.197. The van der Waals surface area contributed by atoms with Crippen LogP contribution in [0.25, 0.3) is 0 Å². The minimum absolute atomic E-state index is 0.197. The molecule has 1 aromatic rings. The van der Waals surface area contributed by atoms with Gasteiger partial charge in [0, 0.05) is 6.20 Å². The third kappa shape index (κ3) is 19.0. The standard InChI is InChI=1S/C31H55NO2/c1-3-5-6-7-8-9-10-11-12-13-14-15-16-17-18-19-20-21-22-23-24-29-25-26-30(32-28-29)27-31(33)34-4-2/h25-26,28H,3-24,27H2,1-2H3. The Hall–Kier alpha value is -1.38. The van der Waals surface area contributed by atoms with E-state index in [0.29, 0.717) is 6.61 Å². The maximum Gasteiger partial charge on any atom is 0.311 e. The number of hydrogen-bond donors (Lipinski definition) is 0. The highest BCUT2D eigenvalue weighted by molar-refractivity contribution is 5.71. The van der Waals surface area contributed by atoms with E-state index >= 15 is 0 Å². The Balaban J connectivity index is 1.80. The molecule has 34 heavy (non-hydrogen) atoms. The van der Waals surface area contributed by atoms with Crippen LogP contribution in [0.3, 0.4) is 0 Å². The summed E-state index contributed by atoms with van der Waals surface area (Å²) in [7, 11) is 0. The van der Waals surface area contributed by atoms with Gasteiger partial charge in [-0.3, -0.25) is 9.78 Å². The lowest BCUT2D eigenvalue weighted by atomic mass is 10.0. The van der Waals surface area contributed by atoms with Crippen LogP contribution in [-0.2, 0) is 22.4 Å². The van der Waals surface area contributed by atoms with Crippen LogP contribution in [0.4, 0.5) is 0 Å². The van der Waals surface area contributed by atoms with Gasteiger partial charge >= 0.3 is 5.97 Å². The van der Waals surface area contributed by atoms with E-state index in [-0.39, 0.29) is 12.4 Å². The van der Waals surface area contributed by atoms with E-state index < -0.39 is 0 Å². The van der Waals surface area contributed by atoms with Crippen LogP contribution in [-0.4, -0.2) is 17.6 Å². The first-order chi connectivity index (χ1) is 16.8. The molecule has 1 heterocycles. The van der Waals surface area contributed by atoms with Gasteiger partial charge in [0.25, 0.3) is 0 Å². The Labute approximate surface area is 211 Å². The van der Waals surface area contributed by atoms with E-state index in [1.54, 1.807) is 0 Å². The van der Waals surface area contributed by atoms with Crippen molar-refractivity contribution in [3.63, 3.8) is 0 Å². The maximum absolute atomic E-state index is 11.5. The van der Waals surface area contributed by atoms with Crippen molar-refractivity contribution in [1.29, 1.82) is 0 Å². The predicted octanol–water partition coefficient (Wildman–Crippen LogP) is 9.55. The van der Waals surface area contributed by atoms with Gasteiger partial charge in [-0.2, -0.15) is 0 Å². The van der Waals surface area contributed by atoms with E-state index in [0.717, 1.165) is 12.1 Å². The second-order valence-corrected chi connectivity index (χ2v) is 10.1. The van der Waals surface area contributed by atoms with Crippen LogP contribution in [0.1, 0.15) is 154 Å². The molecule has 0 radical (unpaired) electrons. The number of ether oxygens (including phenoxy) is 1. The molecule has 0 fully saturated rings. The Bertz CT molecular complexity index is 569. The molecule has 0 atom stereocenters. The van der Waals surface area contributed by atoms with Gasteiger partial charge in [-0.15, -0.1) is 0 Å². The molecule has 0 aliphatic carbocycles. The number of pyridine rings is 1. The summed E-state index contributed by atoms with van der Waals surface area (Å²) >= 11 is 0. The van der Waals surface area contributed by atoms with Crippen molar-refractivity contribution in [3.05, 3.63) is 29.6 Å². The van der Waals surface area contributed by atoms with Gasteiger partial charge in [0.1, 0.15) is 0 Å². The van der Waals surface area contributed by atoms with E-state index in [1.165, 1.54) is 134 Å². The fraction of sp³-hybridized carbons (Fsp3) is 0.806. The van der Waals surface area contributed by atoms with Crippen molar-refractivity contribution in [2.45, 2.75) is 155 Å². The summed E-state index contributed by atoms with van der Waals surface area (Å²) < 4.78 is 4.97. The van der Waals surface area contributed by atoms with Crippen LogP contribution in [0.5, 0.6) is 0 Å². The van der Waals surface area contributed by atoms with Crippen LogP contribution in [0.15, 0.2) is 18.3 Å². The summed E-state index contributed by atoms with van der Waals surface area (Å²) in [5.74, 6) is -0.197. The molecule has 0 N–H and O–H groups in total. The van der Waals surface area contributed by atoms with Crippen molar-refractivity contribution < 1.29 is 9.53 Å². The predicted molar refractivity (Wildman–Crippen MR) is 146 cm³/mol. The number of carbonyl (C=O) groups excluding carboxylic acids is 1. The lowest BCUT2D eigenvalue weighted by molar-refractivity contribution is -0.142. The number of aromatic nitrogens is 1. The topological polar surface area (TPSA) is 39.2 Å². The highest BCUT2D eigenvalue weighted by atomic mass is 16.5. The lowest BCUT2D eigenvalue weighted by Gasteiger charge is -2.05. The molecular formula is C31H55NO2. The van der Waals surface area contributed by atoms with Gasteiger partial charge < -0.3 is 4.74 Å². The molecule has 0 bridgehead atoms. The van der Waals surface area contributed by atoms with Gasteiger partial charge in [0.2, 0.25) is 0 Å². The smallest absolute Gasteiger partial charge is 0.311 e. The molecule has 0 unspecified atom stereocenters. The highest BCUT2D eigenvalue weighted by Crippen LogP contribution is 2.15. The Morgan fingerprint density at radius 2 is 1.09 bits per heavy atom. The fourth-order valence-electron chi connectivity index (χ4n) is 4.65. The first-order valence-corrected chi connectivity index (χ1v) is 14.9. The van der Waals surface area contributed by atoms with Crippen LogP contribution < -0.4 is 0 Å². The largest absolute Gasteiger partial charge is 0.466 e. The monoisotopic (exact) mass is 473 g/mol. The van der Waals surface area contributed by atoms with Crippen molar-refractivity contribution in [3.8, 4) is 0 Å². The van der Waals surface area contributed by atoms with Gasteiger partial charge in [-0.05, 0) is 31.4 Å².